The first-order valence-corrected chi connectivity index (χ1v) is 8.48. The second-order valence-corrected chi connectivity index (χ2v) is 6.84. The number of rotatable bonds is 7. The topological polar surface area (TPSA) is 48.5 Å². The molecule has 6 heteroatoms. The lowest BCUT2D eigenvalue weighted by atomic mass is 10.2. The molecule has 1 saturated heterocycles. The van der Waals surface area contributed by atoms with Crippen molar-refractivity contribution in [3.05, 3.63) is 16.1 Å². The zero-order chi connectivity index (χ0) is 15.2. The number of hydrogen-bond acceptors (Lipinski definition) is 5. The number of likely N-dealkylation sites (tertiary alicyclic amines) is 1. The molecule has 0 aliphatic carbocycles. The van der Waals surface area contributed by atoms with E-state index in [9.17, 15) is 4.79 Å². The molecule has 118 valence electrons. The van der Waals surface area contributed by atoms with Crippen LogP contribution in [0.3, 0.4) is 0 Å². The van der Waals surface area contributed by atoms with Crippen molar-refractivity contribution in [2.24, 2.45) is 0 Å². The lowest BCUT2D eigenvalue weighted by Crippen LogP contribution is -2.37. The van der Waals surface area contributed by atoms with E-state index in [4.69, 9.17) is 0 Å². The number of aryl methyl sites for hydroxylation is 1. The van der Waals surface area contributed by atoms with Gasteiger partial charge in [-0.25, -0.2) is 4.98 Å². The summed E-state index contributed by atoms with van der Waals surface area (Å²) in [6.45, 7) is 5.83. The second kappa shape index (κ2) is 7.87. The Labute approximate surface area is 131 Å². The molecule has 0 aromatic carbocycles. The lowest BCUT2D eigenvalue weighted by molar-refractivity contribution is -0.121. The molecule has 5 nitrogen and oxygen atoms in total. The highest BCUT2D eigenvalue weighted by atomic mass is 32.1. The van der Waals surface area contributed by atoms with Gasteiger partial charge in [-0.05, 0) is 34.0 Å². The standard InChI is InChI=1S/C15H26N4OS/c1-12-14(21-11-17-12)4-7-16-15(20)6-9-19(3)13-5-8-18(2)10-13/h11,13H,4-10H2,1-3H3,(H,16,20)/t13-/m0/s1. The van der Waals surface area contributed by atoms with Crippen LogP contribution in [0.1, 0.15) is 23.4 Å². The summed E-state index contributed by atoms with van der Waals surface area (Å²) in [5, 5.41) is 3.01. The molecule has 2 rings (SSSR count). The van der Waals surface area contributed by atoms with Crippen LogP contribution < -0.4 is 5.32 Å². The van der Waals surface area contributed by atoms with Crippen molar-refractivity contribution in [1.29, 1.82) is 0 Å². The van der Waals surface area contributed by atoms with Crippen LogP contribution in [-0.4, -0.2) is 67.0 Å². The fraction of sp³-hybridized carbons (Fsp3) is 0.733. The highest BCUT2D eigenvalue weighted by molar-refractivity contribution is 7.09. The van der Waals surface area contributed by atoms with Crippen LogP contribution in [0.15, 0.2) is 5.51 Å². The van der Waals surface area contributed by atoms with Crippen LogP contribution in [0.2, 0.25) is 0 Å². The second-order valence-electron chi connectivity index (χ2n) is 5.90. The van der Waals surface area contributed by atoms with Gasteiger partial charge in [-0.15, -0.1) is 11.3 Å². The van der Waals surface area contributed by atoms with Crippen molar-refractivity contribution >= 4 is 17.2 Å². The lowest BCUT2D eigenvalue weighted by Gasteiger charge is -2.23. The van der Waals surface area contributed by atoms with Crippen molar-refractivity contribution in [2.75, 3.05) is 40.3 Å². The number of nitrogens with one attached hydrogen (secondary N) is 1. The minimum absolute atomic E-state index is 0.148. The number of aromatic nitrogens is 1. The Morgan fingerprint density at radius 3 is 3.05 bits per heavy atom. The molecule has 0 saturated carbocycles. The van der Waals surface area contributed by atoms with E-state index in [0.717, 1.165) is 31.7 Å². The largest absolute Gasteiger partial charge is 0.356 e. The number of carbonyl (C=O) groups excluding carboxylic acids is 1. The van der Waals surface area contributed by atoms with E-state index in [2.05, 4.69) is 34.2 Å². The third kappa shape index (κ3) is 5.05. The predicted octanol–water partition coefficient (Wildman–Crippen LogP) is 1.14. The molecule has 1 fully saturated rings. The van der Waals surface area contributed by atoms with Crippen molar-refractivity contribution in [2.45, 2.75) is 32.2 Å². The highest BCUT2D eigenvalue weighted by Crippen LogP contribution is 2.13. The normalized spacial score (nSPS) is 19.3. The number of nitrogens with zero attached hydrogens (tertiary/aromatic N) is 3. The Bertz CT molecular complexity index is 462. The molecule has 1 amide bonds. The molecule has 1 aliphatic heterocycles. The SMILES string of the molecule is Cc1ncsc1CCNC(=O)CCN(C)[C@H]1CCN(C)C1. The predicted molar refractivity (Wildman–Crippen MR) is 86.7 cm³/mol. The van der Waals surface area contributed by atoms with Crippen LogP contribution >= 0.6 is 11.3 Å². The molecule has 0 spiro atoms. The first-order valence-electron chi connectivity index (χ1n) is 7.60. The molecule has 0 unspecified atom stereocenters. The summed E-state index contributed by atoms with van der Waals surface area (Å²) in [4.78, 5) is 22.0. The average Bonchev–Trinajstić information content (AvgIpc) is 3.05. The molecule has 21 heavy (non-hydrogen) atoms. The molecule has 0 radical (unpaired) electrons. The number of likely N-dealkylation sites (N-methyl/N-ethyl adjacent to an activating group) is 2. The molecule has 1 aromatic heterocycles. The van der Waals surface area contributed by atoms with Crippen LogP contribution in [-0.2, 0) is 11.2 Å². The van der Waals surface area contributed by atoms with E-state index in [0.29, 0.717) is 19.0 Å². The van der Waals surface area contributed by atoms with Crippen molar-refractivity contribution < 1.29 is 4.79 Å². The number of carbonyl (C=O) groups is 1. The quantitative estimate of drug-likeness (QED) is 0.820. The van der Waals surface area contributed by atoms with Gasteiger partial charge >= 0.3 is 0 Å². The van der Waals surface area contributed by atoms with E-state index in [1.165, 1.54) is 11.3 Å². The minimum atomic E-state index is 0.148. The summed E-state index contributed by atoms with van der Waals surface area (Å²) < 4.78 is 0. The monoisotopic (exact) mass is 310 g/mol. The van der Waals surface area contributed by atoms with E-state index >= 15 is 0 Å². The van der Waals surface area contributed by atoms with Crippen molar-refractivity contribution in [1.82, 2.24) is 20.1 Å². The smallest absolute Gasteiger partial charge is 0.221 e. The third-order valence-electron chi connectivity index (χ3n) is 4.20. The fourth-order valence-electron chi connectivity index (χ4n) is 2.70. The van der Waals surface area contributed by atoms with Gasteiger partial charge in [0.25, 0.3) is 0 Å². The van der Waals surface area contributed by atoms with Gasteiger partial charge in [-0.3, -0.25) is 4.79 Å². The molecular weight excluding hydrogens is 284 g/mol. The molecular formula is C15H26N4OS. The van der Waals surface area contributed by atoms with Gasteiger partial charge in [0.15, 0.2) is 0 Å². The summed E-state index contributed by atoms with van der Waals surface area (Å²) in [5.41, 5.74) is 2.94. The van der Waals surface area contributed by atoms with Crippen molar-refractivity contribution in [3.8, 4) is 0 Å². The molecule has 2 heterocycles. The summed E-state index contributed by atoms with van der Waals surface area (Å²) in [7, 11) is 4.28. The summed E-state index contributed by atoms with van der Waals surface area (Å²) in [5.74, 6) is 0.148. The average molecular weight is 310 g/mol. The first kappa shape index (κ1) is 16.4. The molecule has 0 bridgehead atoms. The van der Waals surface area contributed by atoms with Gasteiger partial charge < -0.3 is 15.1 Å². The van der Waals surface area contributed by atoms with Gasteiger partial charge in [0.2, 0.25) is 5.91 Å². The number of amides is 1. The Hall–Kier alpha value is -0.980. The van der Waals surface area contributed by atoms with E-state index in [1.807, 2.05) is 12.4 Å². The van der Waals surface area contributed by atoms with Gasteiger partial charge in [-0.2, -0.15) is 0 Å². The van der Waals surface area contributed by atoms with E-state index < -0.39 is 0 Å². The fourth-order valence-corrected chi connectivity index (χ4v) is 3.48. The molecule has 1 atom stereocenters. The molecule has 1 aromatic rings. The Morgan fingerprint density at radius 1 is 1.62 bits per heavy atom. The van der Waals surface area contributed by atoms with Gasteiger partial charge in [0, 0.05) is 43.4 Å². The Balaban J connectivity index is 1.60. The minimum Gasteiger partial charge on any atom is -0.356 e. The van der Waals surface area contributed by atoms with Gasteiger partial charge in [0.05, 0.1) is 11.2 Å². The first-order chi connectivity index (χ1) is 10.1. The highest BCUT2D eigenvalue weighted by Gasteiger charge is 2.23. The molecule has 1 N–H and O–H groups in total. The van der Waals surface area contributed by atoms with Crippen LogP contribution in [0.4, 0.5) is 0 Å². The maximum Gasteiger partial charge on any atom is 0.221 e. The van der Waals surface area contributed by atoms with Crippen LogP contribution in [0, 0.1) is 6.92 Å². The number of hydrogen-bond donors (Lipinski definition) is 1. The third-order valence-corrected chi connectivity index (χ3v) is 5.20. The van der Waals surface area contributed by atoms with E-state index in [1.54, 1.807) is 11.3 Å². The summed E-state index contributed by atoms with van der Waals surface area (Å²) in [6, 6.07) is 0.600. The zero-order valence-corrected chi connectivity index (χ0v) is 14.1. The molecule has 1 aliphatic rings. The summed E-state index contributed by atoms with van der Waals surface area (Å²) in [6.07, 6.45) is 2.67. The maximum absolute atomic E-state index is 11.9. The van der Waals surface area contributed by atoms with Crippen LogP contribution in [0.5, 0.6) is 0 Å². The van der Waals surface area contributed by atoms with Gasteiger partial charge in [0.1, 0.15) is 0 Å². The van der Waals surface area contributed by atoms with Crippen molar-refractivity contribution in [3.63, 3.8) is 0 Å². The number of thiazole rings is 1. The van der Waals surface area contributed by atoms with Gasteiger partial charge in [-0.1, -0.05) is 0 Å². The van der Waals surface area contributed by atoms with E-state index in [-0.39, 0.29) is 5.91 Å². The summed E-state index contributed by atoms with van der Waals surface area (Å²) >= 11 is 1.66. The zero-order valence-electron chi connectivity index (χ0n) is 13.3. The maximum atomic E-state index is 11.9. The Morgan fingerprint density at radius 2 is 2.43 bits per heavy atom. The Kier molecular flexibility index (Phi) is 6.14. The van der Waals surface area contributed by atoms with Crippen LogP contribution in [0.25, 0.3) is 0 Å².